The van der Waals surface area contributed by atoms with E-state index < -0.39 is 29.1 Å². The largest absolute Gasteiger partial charge is 0.423 e. The molecule has 116 valence electrons. The van der Waals surface area contributed by atoms with Crippen LogP contribution in [-0.4, -0.2) is 5.97 Å². The fraction of sp³-hybridized carbons (Fsp3) is 0.188. The third-order valence-electron chi connectivity index (χ3n) is 3.20. The van der Waals surface area contributed by atoms with E-state index in [2.05, 4.69) is 0 Å². The maximum atomic E-state index is 13.2. The monoisotopic (exact) mass is 312 g/mol. The summed E-state index contributed by atoms with van der Waals surface area (Å²) in [6.07, 6.45) is -4.77. The van der Waals surface area contributed by atoms with Crippen molar-refractivity contribution in [3.8, 4) is 5.75 Å². The number of rotatable bonds is 2. The van der Waals surface area contributed by atoms with Crippen LogP contribution in [-0.2, 0) is 6.18 Å². The van der Waals surface area contributed by atoms with E-state index in [9.17, 15) is 22.4 Å². The average molecular weight is 312 g/mol. The first-order valence-corrected chi connectivity index (χ1v) is 6.34. The third kappa shape index (κ3) is 3.44. The van der Waals surface area contributed by atoms with E-state index >= 15 is 0 Å². The summed E-state index contributed by atoms with van der Waals surface area (Å²) in [6, 6.07) is 6.36. The Bertz CT molecular complexity index is 721. The lowest BCUT2D eigenvalue weighted by molar-refractivity contribution is -0.138. The topological polar surface area (TPSA) is 26.3 Å². The zero-order valence-electron chi connectivity index (χ0n) is 11.8. The van der Waals surface area contributed by atoms with Gasteiger partial charge in [-0.05, 0) is 55.3 Å². The minimum Gasteiger partial charge on any atom is -0.423 e. The molecule has 0 aliphatic rings. The summed E-state index contributed by atoms with van der Waals surface area (Å²) < 4.78 is 56.7. The molecule has 0 aliphatic heterocycles. The van der Waals surface area contributed by atoms with Gasteiger partial charge >= 0.3 is 12.1 Å². The van der Waals surface area contributed by atoms with Crippen molar-refractivity contribution in [1.82, 2.24) is 0 Å². The van der Waals surface area contributed by atoms with Gasteiger partial charge < -0.3 is 4.74 Å². The first kappa shape index (κ1) is 16.0. The van der Waals surface area contributed by atoms with Gasteiger partial charge in [-0.1, -0.05) is 6.07 Å². The smallest absolute Gasteiger partial charge is 0.417 e. The van der Waals surface area contributed by atoms with Crippen molar-refractivity contribution in [3.05, 3.63) is 64.5 Å². The summed E-state index contributed by atoms with van der Waals surface area (Å²) >= 11 is 0. The Balaban J connectivity index is 2.37. The van der Waals surface area contributed by atoms with E-state index in [1.807, 2.05) is 6.92 Å². The molecule has 0 heterocycles. The predicted molar refractivity (Wildman–Crippen MR) is 72.3 cm³/mol. The number of ether oxygens (including phenoxy) is 1. The van der Waals surface area contributed by atoms with Crippen LogP contribution in [0.5, 0.6) is 5.75 Å². The average Bonchev–Trinajstić information content (AvgIpc) is 2.41. The minimum absolute atomic E-state index is 0.102. The molecule has 6 heteroatoms. The molecule has 0 saturated heterocycles. The number of carbonyl (C=O) groups is 1. The molecule has 0 saturated carbocycles. The lowest BCUT2D eigenvalue weighted by atomic mass is 10.1. The number of halogens is 4. The van der Waals surface area contributed by atoms with Gasteiger partial charge in [0.25, 0.3) is 0 Å². The molecule has 0 aromatic heterocycles. The molecule has 0 unspecified atom stereocenters. The molecule has 2 aromatic carbocycles. The Morgan fingerprint density at radius 3 is 2.27 bits per heavy atom. The molecule has 2 rings (SSSR count). The SMILES string of the molecule is Cc1ccc(OC(=O)c2cc(F)ccc2C(F)(F)F)cc1C. The Morgan fingerprint density at radius 1 is 1.00 bits per heavy atom. The Hall–Kier alpha value is -2.37. The summed E-state index contributed by atoms with van der Waals surface area (Å²) in [4.78, 5) is 11.9. The quantitative estimate of drug-likeness (QED) is 0.457. The molecule has 22 heavy (non-hydrogen) atoms. The van der Waals surface area contributed by atoms with Crippen molar-refractivity contribution in [2.24, 2.45) is 0 Å². The molecular formula is C16H12F4O2. The van der Waals surface area contributed by atoms with Gasteiger partial charge in [0.05, 0.1) is 11.1 Å². The number of aryl methyl sites for hydroxylation is 2. The number of esters is 1. The highest BCUT2D eigenvalue weighted by molar-refractivity contribution is 5.93. The molecule has 2 nitrogen and oxygen atoms in total. The standard InChI is InChI=1S/C16H12F4O2/c1-9-3-5-12(7-10(9)2)22-15(21)13-8-11(17)4-6-14(13)16(18,19)20/h3-8H,1-2H3. The predicted octanol–water partition coefficient (Wildman–Crippen LogP) is 4.68. The van der Waals surface area contributed by atoms with Crippen LogP contribution in [0.1, 0.15) is 27.0 Å². The summed E-state index contributed by atoms with van der Waals surface area (Å²) in [5, 5.41) is 0. The minimum atomic E-state index is -4.77. The van der Waals surface area contributed by atoms with Crippen molar-refractivity contribution in [1.29, 1.82) is 0 Å². The van der Waals surface area contributed by atoms with Gasteiger partial charge in [-0.2, -0.15) is 13.2 Å². The maximum Gasteiger partial charge on any atom is 0.417 e. The fourth-order valence-corrected chi connectivity index (χ4v) is 1.87. The van der Waals surface area contributed by atoms with Crippen LogP contribution < -0.4 is 4.74 Å². The lowest BCUT2D eigenvalue weighted by Gasteiger charge is -2.12. The number of carbonyl (C=O) groups excluding carboxylic acids is 1. The molecule has 0 bridgehead atoms. The zero-order valence-corrected chi connectivity index (χ0v) is 11.8. The van der Waals surface area contributed by atoms with E-state index in [1.165, 1.54) is 12.1 Å². The van der Waals surface area contributed by atoms with Crippen LogP contribution in [0.3, 0.4) is 0 Å². The highest BCUT2D eigenvalue weighted by Gasteiger charge is 2.36. The van der Waals surface area contributed by atoms with Crippen LogP contribution in [0, 0.1) is 19.7 Å². The second kappa shape index (κ2) is 5.79. The van der Waals surface area contributed by atoms with Gasteiger partial charge in [0.2, 0.25) is 0 Å². The first-order valence-electron chi connectivity index (χ1n) is 6.34. The van der Waals surface area contributed by atoms with Crippen LogP contribution in [0.4, 0.5) is 17.6 Å². The van der Waals surface area contributed by atoms with Gasteiger partial charge in [-0.15, -0.1) is 0 Å². The maximum absolute atomic E-state index is 13.2. The molecule has 0 spiro atoms. The van der Waals surface area contributed by atoms with Crippen LogP contribution in [0.15, 0.2) is 36.4 Å². The summed E-state index contributed by atoms with van der Waals surface area (Å²) in [5.74, 6) is -2.10. The number of hydrogen-bond donors (Lipinski definition) is 0. The van der Waals surface area contributed by atoms with E-state index in [0.717, 1.165) is 11.1 Å². The Labute approximate surface area is 124 Å². The van der Waals surface area contributed by atoms with Gasteiger partial charge in [0, 0.05) is 0 Å². The molecule has 0 aliphatic carbocycles. The second-order valence-electron chi connectivity index (χ2n) is 4.82. The number of benzene rings is 2. The summed E-state index contributed by atoms with van der Waals surface area (Å²) in [7, 11) is 0. The van der Waals surface area contributed by atoms with Crippen LogP contribution in [0.25, 0.3) is 0 Å². The molecule has 0 N–H and O–H groups in total. The summed E-state index contributed by atoms with van der Waals surface area (Å²) in [6.45, 7) is 3.62. The van der Waals surface area contributed by atoms with Gasteiger partial charge in [0.15, 0.2) is 0 Å². The van der Waals surface area contributed by atoms with Gasteiger partial charge in [0.1, 0.15) is 11.6 Å². The number of alkyl halides is 3. The van der Waals surface area contributed by atoms with Crippen molar-refractivity contribution >= 4 is 5.97 Å². The fourth-order valence-electron chi connectivity index (χ4n) is 1.87. The van der Waals surface area contributed by atoms with Gasteiger partial charge in [-0.25, -0.2) is 9.18 Å². The van der Waals surface area contributed by atoms with E-state index in [-0.39, 0.29) is 5.75 Å². The first-order chi connectivity index (χ1) is 10.2. The molecular weight excluding hydrogens is 300 g/mol. The second-order valence-corrected chi connectivity index (χ2v) is 4.82. The third-order valence-corrected chi connectivity index (χ3v) is 3.20. The van der Waals surface area contributed by atoms with Crippen molar-refractivity contribution < 1.29 is 27.1 Å². The van der Waals surface area contributed by atoms with Gasteiger partial charge in [-0.3, -0.25) is 0 Å². The Morgan fingerprint density at radius 2 is 1.68 bits per heavy atom. The molecule has 0 radical (unpaired) electrons. The zero-order chi connectivity index (χ0) is 16.5. The number of hydrogen-bond acceptors (Lipinski definition) is 2. The molecule has 0 fully saturated rings. The highest BCUT2D eigenvalue weighted by Crippen LogP contribution is 2.33. The van der Waals surface area contributed by atoms with Crippen molar-refractivity contribution in [2.75, 3.05) is 0 Å². The van der Waals surface area contributed by atoms with Crippen molar-refractivity contribution in [3.63, 3.8) is 0 Å². The molecule has 0 amide bonds. The normalized spacial score (nSPS) is 11.4. The van der Waals surface area contributed by atoms with Crippen LogP contribution >= 0.6 is 0 Å². The van der Waals surface area contributed by atoms with E-state index in [1.54, 1.807) is 13.0 Å². The highest BCUT2D eigenvalue weighted by atomic mass is 19.4. The van der Waals surface area contributed by atoms with Crippen LogP contribution in [0.2, 0.25) is 0 Å². The lowest BCUT2D eigenvalue weighted by Crippen LogP contribution is -2.17. The molecule has 2 aromatic rings. The Kier molecular flexibility index (Phi) is 4.21. The van der Waals surface area contributed by atoms with Crippen molar-refractivity contribution in [2.45, 2.75) is 20.0 Å². The van der Waals surface area contributed by atoms with E-state index in [4.69, 9.17) is 4.74 Å². The summed E-state index contributed by atoms with van der Waals surface area (Å²) in [5.41, 5.74) is -0.324. The van der Waals surface area contributed by atoms with E-state index in [0.29, 0.717) is 18.2 Å². The molecule has 0 atom stereocenters.